The summed E-state index contributed by atoms with van der Waals surface area (Å²) >= 11 is 1.36. The summed E-state index contributed by atoms with van der Waals surface area (Å²) in [7, 11) is 0. The molecule has 4 rings (SSSR count). The fourth-order valence-corrected chi connectivity index (χ4v) is 3.38. The largest absolute Gasteiger partial charge is 0.323 e. The van der Waals surface area contributed by atoms with Gasteiger partial charge in [0.2, 0.25) is 0 Å². The van der Waals surface area contributed by atoms with E-state index in [1.807, 2.05) is 36.4 Å². The number of aromatic amines is 2. The molecule has 2 aromatic heterocycles. The third-order valence-corrected chi connectivity index (χ3v) is 4.83. The molecule has 2 N–H and O–H groups in total. The van der Waals surface area contributed by atoms with Gasteiger partial charge in [-0.3, -0.25) is 4.79 Å². The number of Topliss-reactive ketones (excluding diaryl/α,β-unsaturated/α-hetero) is 1. The zero-order chi connectivity index (χ0) is 17.9. The average Bonchev–Trinajstić information content (AvgIpc) is 3.06. The van der Waals surface area contributed by atoms with Gasteiger partial charge in [-0.1, -0.05) is 42.1 Å². The number of rotatable bonds is 5. The van der Waals surface area contributed by atoms with Crippen LogP contribution in [-0.4, -0.2) is 31.5 Å². The summed E-state index contributed by atoms with van der Waals surface area (Å²) in [6.07, 6.45) is 1.51. The number of imidazole rings is 1. The number of fused-ring (bicyclic) bond motifs is 1. The summed E-state index contributed by atoms with van der Waals surface area (Å²) in [5.41, 5.74) is 3.40. The Kier molecular flexibility index (Phi) is 4.37. The van der Waals surface area contributed by atoms with Gasteiger partial charge in [0.25, 0.3) is 0 Å². The van der Waals surface area contributed by atoms with E-state index in [9.17, 15) is 9.59 Å². The van der Waals surface area contributed by atoms with Crippen molar-refractivity contribution in [2.45, 2.75) is 5.03 Å². The minimum Gasteiger partial charge on any atom is -0.306 e. The summed E-state index contributed by atoms with van der Waals surface area (Å²) in [5, 5.41) is 0.739. The monoisotopic (exact) mass is 362 g/mol. The number of nitrogens with one attached hydrogen (secondary N) is 2. The number of benzene rings is 2. The molecule has 7 heteroatoms. The number of hydrogen-bond acceptors (Lipinski definition) is 5. The highest BCUT2D eigenvalue weighted by Crippen LogP contribution is 2.23. The molecule has 0 saturated carbocycles. The summed E-state index contributed by atoms with van der Waals surface area (Å²) in [6, 6.07) is 16.8. The first-order valence-corrected chi connectivity index (χ1v) is 8.93. The average molecular weight is 362 g/mol. The molecular weight excluding hydrogens is 348 g/mol. The van der Waals surface area contributed by atoms with Crippen LogP contribution in [0.3, 0.4) is 0 Å². The number of carbonyl (C=O) groups excluding carboxylic acids is 1. The summed E-state index contributed by atoms with van der Waals surface area (Å²) < 4.78 is 0. The first kappa shape index (κ1) is 16.3. The molecule has 0 fully saturated rings. The third-order valence-electron chi connectivity index (χ3n) is 3.90. The van der Waals surface area contributed by atoms with Crippen LogP contribution in [0.1, 0.15) is 10.4 Å². The molecule has 128 valence electrons. The van der Waals surface area contributed by atoms with Crippen molar-refractivity contribution in [2.75, 3.05) is 5.75 Å². The predicted molar refractivity (Wildman–Crippen MR) is 101 cm³/mol. The summed E-state index contributed by atoms with van der Waals surface area (Å²) in [4.78, 5) is 37.6. The van der Waals surface area contributed by atoms with E-state index in [1.165, 1.54) is 18.1 Å². The van der Waals surface area contributed by atoms with Crippen molar-refractivity contribution in [2.24, 2.45) is 0 Å². The molecule has 2 heterocycles. The van der Waals surface area contributed by atoms with E-state index in [2.05, 4.69) is 19.9 Å². The van der Waals surface area contributed by atoms with Gasteiger partial charge in [0.15, 0.2) is 5.78 Å². The van der Waals surface area contributed by atoms with Crippen LogP contribution in [0.15, 0.2) is 70.7 Å². The Labute approximate surface area is 152 Å². The lowest BCUT2D eigenvalue weighted by atomic mass is 10.1. The molecule has 0 aliphatic rings. The fraction of sp³-hybridized carbons (Fsp3) is 0.0526. The Morgan fingerprint density at radius 3 is 2.62 bits per heavy atom. The Balaban J connectivity index is 1.49. The first-order valence-electron chi connectivity index (χ1n) is 7.94. The van der Waals surface area contributed by atoms with Crippen molar-refractivity contribution in [3.8, 4) is 11.3 Å². The standard InChI is InChI=1S/C19H14N4O2S/c24-17(13-6-7-14-16(8-13)23-19(25)22-14)10-26-18-9-15(20-11-21-18)12-4-2-1-3-5-12/h1-9,11H,10H2,(H2,22,23,25). The molecule has 4 aromatic rings. The molecule has 0 saturated heterocycles. The zero-order valence-electron chi connectivity index (χ0n) is 13.6. The van der Waals surface area contributed by atoms with Gasteiger partial charge in [0, 0.05) is 11.1 Å². The minimum atomic E-state index is -0.284. The lowest BCUT2D eigenvalue weighted by Crippen LogP contribution is -2.02. The highest BCUT2D eigenvalue weighted by atomic mass is 32.2. The van der Waals surface area contributed by atoms with Crippen LogP contribution in [0.2, 0.25) is 0 Å². The van der Waals surface area contributed by atoms with Crippen LogP contribution >= 0.6 is 11.8 Å². The highest BCUT2D eigenvalue weighted by molar-refractivity contribution is 7.99. The van der Waals surface area contributed by atoms with Crippen molar-refractivity contribution < 1.29 is 4.79 Å². The fourth-order valence-electron chi connectivity index (χ4n) is 2.61. The Morgan fingerprint density at radius 2 is 1.77 bits per heavy atom. The molecule has 0 unspecified atom stereocenters. The van der Waals surface area contributed by atoms with E-state index in [0.717, 1.165) is 16.3 Å². The van der Waals surface area contributed by atoms with E-state index in [0.29, 0.717) is 16.6 Å². The quantitative estimate of drug-likeness (QED) is 0.323. The first-order chi connectivity index (χ1) is 12.7. The van der Waals surface area contributed by atoms with Crippen LogP contribution in [0.4, 0.5) is 0 Å². The number of carbonyl (C=O) groups is 1. The second kappa shape index (κ2) is 6.97. The second-order valence-electron chi connectivity index (χ2n) is 5.66. The summed E-state index contributed by atoms with van der Waals surface area (Å²) in [5.74, 6) is 0.226. The van der Waals surface area contributed by atoms with Crippen LogP contribution < -0.4 is 5.69 Å². The third kappa shape index (κ3) is 3.43. The van der Waals surface area contributed by atoms with E-state index < -0.39 is 0 Å². The second-order valence-corrected chi connectivity index (χ2v) is 6.65. The lowest BCUT2D eigenvalue weighted by molar-refractivity contribution is 0.102. The molecule has 0 spiro atoms. The maximum absolute atomic E-state index is 12.5. The van der Waals surface area contributed by atoms with E-state index in [1.54, 1.807) is 18.2 Å². The van der Waals surface area contributed by atoms with Crippen molar-refractivity contribution in [1.29, 1.82) is 0 Å². The highest BCUT2D eigenvalue weighted by Gasteiger charge is 2.10. The molecule has 0 aliphatic heterocycles. The molecule has 0 atom stereocenters. The Bertz CT molecular complexity index is 1130. The Morgan fingerprint density at radius 1 is 0.962 bits per heavy atom. The minimum absolute atomic E-state index is 0.0289. The van der Waals surface area contributed by atoms with Gasteiger partial charge in [0.1, 0.15) is 11.4 Å². The van der Waals surface area contributed by atoms with Crippen LogP contribution in [0.25, 0.3) is 22.3 Å². The van der Waals surface area contributed by atoms with Gasteiger partial charge in [-0.05, 0) is 24.3 Å². The van der Waals surface area contributed by atoms with Crippen LogP contribution in [0, 0.1) is 0 Å². The number of nitrogens with zero attached hydrogens (tertiary/aromatic N) is 2. The molecule has 2 aromatic carbocycles. The zero-order valence-corrected chi connectivity index (χ0v) is 14.4. The van der Waals surface area contributed by atoms with Gasteiger partial charge in [-0.2, -0.15) is 0 Å². The SMILES string of the molecule is O=C(CSc1cc(-c2ccccc2)ncn1)c1ccc2[nH]c(=O)[nH]c2c1. The molecule has 0 bridgehead atoms. The number of ketones is 1. The molecular formula is C19H14N4O2S. The smallest absolute Gasteiger partial charge is 0.306 e. The normalized spacial score (nSPS) is 10.9. The van der Waals surface area contributed by atoms with Crippen molar-refractivity contribution >= 4 is 28.6 Å². The molecule has 26 heavy (non-hydrogen) atoms. The van der Waals surface area contributed by atoms with Crippen molar-refractivity contribution in [1.82, 2.24) is 19.9 Å². The Hall–Kier alpha value is -3.19. The van der Waals surface area contributed by atoms with E-state index >= 15 is 0 Å². The van der Waals surface area contributed by atoms with Crippen molar-refractivity contribution in [3.63, 3.8) is 0 Å². The van der Waals surface area contributed by atoms with Gasteiger partial charge in [-0.25, -0.2) is 14.8 Å². The molecule has 6 nitrogen and oxygen atoms in total. The number of H-pyrrole nitrogens is 2. The van der Waals surface area contributed by atoms with Gasteiger partial charge < -0.3 is 9.97 Å². The maximum Gasteiger partial charge on any atom is 0.323 e. The lowest BCUT2D eigenvalue weighted by Gasteiger charge is -2.04. The van der Waals surface area contributed by atoms with Crippen LogP contribution in [0.5, 0.6) is 0 Å². The number of aromatic nitrogens is 4. The van der Waals surface area contributed by atoms with Crippen molar-refractivity contribution in [3.05, 3.63) is 77.0 Å². The number of hydrogen-bond donors (Lipinski definition) is 2. The topological polar surface area (TPSA) is 91.5 Å². The van der Waals surface area contributed by atoms with Gasteiger partial charge in [0.05, 0.1) is 22.5 Å². The predicted octanol–water partition coefficient (Wildman–Crippen LogP) is 3.29. The summed E-state index contributed by atoms with van der Waals surface area (Å²) in [6.45, 7) is 0. The molecule has 0 amide bonds. The maximum atomic E-state index is 12.5. The van der Waals surface area contributed by atoms with E-state index in [4.69, 9.17) is 0 Å². The van der Waals surface area contributed by atoms with Crippen LogP contribution in [-0.2, 0) is 0 Å². The molecule has 0 radical (unpaired) electrons. The van der Waals surface area contributed by atoms with Gasteiger partial charge in [-0.15, -0.1) is 0 Å². The van der Waals surface area contributed by atoms with E-state index in [-0.39, 0.29) is 17.2 Å². The van der Waals surface area contributed by atoms with Gasteiger partial charge >= 0.3 is 5.69 Å². The number of thioether (sulfide) groups is 1. The molecule has 0 aliphatic carbocycles.